The summed E-state index contributed by atoms with van der Waals surface area (Å²) < 4.78 is 18.4. The first-order valence-electron chi connectivity index (χ1n) is 12.2. The SMILES string of the molecule is COc1cc2c(cc1OC)C(NC(=O)[C@H](Cc1cn(C)c3ccccc13)NC(=O)OC(C)(C)C)CC2. The number of alkyl carbamates (subject to hydrolysis) is 1. The summed E-state index contributed by atoms with van der Waals surface area (Å²) in [5.74, 6) is 1.03. The predicted octanol–water partition coefficient (Wildman–Crippen LogP) is 4.44. The van der Waals surface area contributed by atoms with Gasteiger partial charge < -0.3 is 29.4 Å². The number of hydrogen-bond donors (Lipinski definition) is 2. The van der Waals surface area contributed by atoms with Gasteiger partial charge in [0.15, 0.2) is 11.5 Å². The van der Waals surface area contributed by atoms with Crippen molar-refractivity contribution in [2.45, 2.75) is 57.7 Å². The molecule has 36 heavy (non-hydrogen) atoms. The Morgan fingerprint density at radius 1 is 1.11 bits per heavy atom. The number of carbonyl (C=O) groups is 2. The van der Waals surface area contributed by atoms with E-state index in [4.69, 9.17) is 14.2 Å². The first kappa shape index (κ1) is 25.4. The van der Waals surface area contributed by atoms with E-state index in [-0.39, 0.29) is 11.9 Å². The number of aryl methyl sites for hydroxylation is 2. The maximum Gasteiger partial charge on any atom is 0.408 e. The van der Waals surface area contributed by atoms with Gasteiger partial charge in [-0.2, -0.15) is 0 Å². The van der Waals surface area contributed by atoms with Gasteiger partial charge in [0.1, 0.15) is 11.6 Å². The number of ether oxygens (including phenoxy) is 3. The van der Waals surface area contributed by atoms with Crippen LogP contribution in [-0.4, -0.2) is 42.4 Å². The number of nitrogens with one attached hydrogen (secondary N) is 2. The van der Waals surface area contributed by atoms with Crippen molar-refractivity contribution in [2.24, 2.45) is 7.05 Å². The standard InChI is InChI=1S/C28H35N3O5/c1-28(2,3)36-27(33)30-22(13-18-16-31(4)23-10-8-7-9-19(18)23)26(32)29-21-12-11-17-14-24(34-5)25(35-6)15-20(17)21/h7-10,14-16,21-22H,11-13H2,1-6H3,(H,29,32)(H,30,33)/t21?,22-/m0/s1. The quantitative estimate of drug-likeness (QED) is 0.508. The fraction of sp³-hybridized carbons (Fsp3) is 0.429. The van der Waals surface area contributed by atoms with E-state index in [0.717, 1.165) is 40.4 Å². The summed E-state index contributed by atoms with van der Waals surface area (Å²) in [7, 11) is 5.18. The molecule has 2 atom stereocenters. The van der Waals surface area contributed by atoms with E-state index >= 15 is 0 Å². The lowest BCUT2D eigenvalue weighted by atomic mass is 10.0. The third-order valence-electron chi connectivity index (χ3n) is 6.45. The van der Waals surface area contributed by atoms with Crippen LogP contribution in [0.15, 0.2) is 42.6 Å². The van der Waals surface area contributed by atoms with Crippen LogP contribution in [0.25, 0.3) is 10.9 Å². The maximum absolute atomic E-state index is 13.6. The van der Waals surface area contributed by atoms with E-state index in [0.29, 0.717) is 17.9 Å². The predicted molar refractivity (Wildman–Crippen MR) is 139 cm³/mol. The van der Waals surface area contributed by atoms with E-state index in [2.05, 4.69) is 10.6 Å². The highest BCUT2D eigenvalue weighted by atomic mass is 16.6. The highest BCUT2D eigenvalue weighted by Gasteiger charge is 2.31. The molecular formula is C28H35N3O5. The van der Waals surface area contributed by atoms with Crippen LogP contribution in [0.4, 0.5) is 4.79 Å². The zero-order valence-electron chi connectivity index (χ0n) is 21.8. The lowest BCUT2D eigenvalue weighted by molar-refractivity contribution is -0.124. The van der Waals surface area contributed by atoms with Crippen LogP contribution in [0, 0.1) is 0 Å². The highest BCUT2D eigenvalue weighted by Crippen LogP contribution is 2.39. The average Bonchev–Trinajstić information content (AvgIpc) is 3.36. The Kier molecular flexibility index (Phi) is 7.15. The van der Waals surface area contributed by atoms with Gasteiger partial charge in [0.2, 0.25) is 5.91 Å². The molecule has 3 aromatic rings. The van der Waals surface area contributed by atoms with Crippen LogP contribution in [0.2, 0.25) is 0 Å². The van der Waals surface area contributed by atoms with Crippen molar-refractivity contribution >= 4 is 22.9 Å². The fourth-order valence-corrected chi connectivity index (χ4v) is 4.82. The number of fused-ring (bicyclic) bond motifs is 2. The minimum absolute atomic E-state index is 0.192. The fourth-order valence-electron chi connectivity index (χ4n) is 4.82. The molecule has 0 saturated carbocycles. The van der Waals surface area contributed by atoms with Crippen molar-refractivity contribution in [3.63, 3.8) is 0 Å². The minimum Gasteiger partial charge on any atom is -0.493 e. The molecule has 1 aliphatic rings. The molecule has 0 spiro atoms. The Hall–Kier alpha value is -3.68. The van der Waals surface area contributed by atoms with E-state index in [9.17, 15) is 9.59 Å². The third kappa shape index (κ3) is 5.42. The van der Waals surface area contributed by atoms with Gasteiger partial charge in [-0.25, -0.2) is 4.79 Å². The van der Waals surface area contributed by atoms with Crippen LogP contribution >= 0.6 is 0 Å². The summed E-state index contributed by atoms with van der Waals surface area (Å²) >= 11 is 0. The van der Waals surface area contributed by atoms with Crippen molar-refractivity contribution in [1.29, 1.82) is 0 Å². The molecule has 2 aromatic carbocycles. The van der Waals surface area contributed by atoms with E-state index in [1.807, 2.05) is 54.2 Å². The molecule has 192 valence electrons. The topological polar surface area (TPSA) is 90.8 Å². The molecule has 1 unspecified atom stereocenters. The first-order valence-corrected chi connectivity index (χ1v) is 12.2. The van der Waals surface area contributed by atoms with Crippen LogP contribution in [-0.2, 0) is 29.4 Å². The Morgan fingerprint density at radius 3 is 2.50 bits per heavy atom. The number of benzene rings is 2. The van der Waals surface area contributed by atoms with E-state index in [1.165, 1.54) is 0 Å². The van der Waals surface area contributed by atoms with Gasteiger partial charge in [0.25, 0.3) is 0 Å². The number of aromatic nitrogens is 1. The molecule has 0 aliphatic heterocycles. The average molecular weight is 494 g/mol. The molecular weight excluding hydrogens is 458 g/mol. The number of methoxy groups -OCH3 is 2. The van der Waals surface area contributed by atoms with Crippen molar-refractivity contribution in [3.05, 3.63) is 59.3 Å². The van der Waals surface area contributed by atoms with Gasteiger partial charge in [0, 0.05) is 30.6 Å². The first-order chi connectivity index (χ1) is 17.1. The molecule has 2 N–H and O–H groups in total. The monoisotopic (exact) mass is 493 g/mol. The Balaban J connectivity index is 1.59. The van der Waals surface area contributed by atoms with E-state index in [1.54, 1.807) is 35.0 Å². The second-order valence-electron chi connectivity index (χ2n) is 10.2. The van der Waals surface area contributed by atoms with Crippen LogP contribution in [0.5, 0.6) is 11.5 Å². The minimum atomic E-state index is -0.810. The van der Waals surface area contributed by atoms with E-state index < -0.39 is 17.7 Å². The van der Waals surface area contributed by atoms with Crippen molar-refractivity contribution in [2.75, 3.05) is 14.2 Å². The smallest absolute Gasteiger partial charge is 0.408 e. The normalized spacial score (nSPS) is 15.8. The summed E-state index contributed by atoms with van der Waals surface area (Å²) in [6.45, 7) is 5.39. The van der Waals surface area contributed by atoms with Crippen molar-refractivity contribution in [3.8, 4) is 11.5 Å². The molecule has 4 rings (SSSR count). The van der Waals surface area contributed by atoms with Crippen LogP contribution < -0.4 is 20.1 Å². The molecule has 0 radical (unpaired) electrons. The van der Waals surface area contributed by atoms with Gasteiger partial charge in [-0.15, -0.1) is 0 Å². The molecule has 0 fully saturated rings. The largest absolute Gasteiger partial charge is 0.493 e. The summed E-state index contributed by atoms with van der Waals surface area (Å²) in [6, 6.07) is 10.9. The number of amides is 2. The molecule has 8 nitrogen and oxygen atoms in total. The van der Waals surface area contributed by atoms with Gasteiger partial charge in [-0.1, -0.05) is 18.2 Å². The van der Waals surface area contributed by atoms with Crippen LogP contribution in [0.1, 0.15) is 49.9 Å². The molecule has 1 heterocycles. The Labute approximate surface area is 211 Å². The van der Waals surface area contributed by atoms with Crippen molar-refractivity contribution < 1.29 is 23.8 Å². The van der Waals surface area contributed by atoms with Gasteiger partial charge >= 0.3 is 6.09 Å². The zero-order chi connectivity index (χ0) is 26.0. The molecule has 2 amide bonds. The number of para-hydroxylation sites is 1. The molecule has 1 aliphatic carbocycles. The summed E-state index contributed by atoms with van der Waals surface area (Å²) in [5.41, 5.74) is 3.48. The van der Waals surface area contributed by atoms with Crippen molar-refractivity contribution in [1.82, 2.24) is 15.2 Å². The van der Waals surface area contributed by atoms with Gasteiger partial charge in [0.05, 0.1) is 20.3 Å². The van der Waals surface area contributed by atoms with Gasteiger partial charge in [-0.3, -0.25) is 4.79 Å². The Morgan fingerprint density at radius 2 is 1.81 bits per heavy atom. The summed E-state index contributed by atoms with van der Waals surface area (Å²) in [5, 5.41) is 7.01. The second kappa shape index (κ2) is 10.1. The maximum atomic E-state index is 13.6. The molecule has 0 saturated heterocycles. The lowest BCUT2D eigenvalue weighted by Crippen LogP contribution is -2.49. The van der Waals surface area contributed by atoms with Crippen LogP contribution in [0.3, 0.4) is 0 Å². The number of nitrogens with zero attached hydrogens (tertiary/aromatic N) is 1. The highest BCUT2D eigenvalue weighted by molar-refractivity contribution is 5.89. The second-order valence-corrected chi connectivity index (χ2v) is 10.2. The summed E-state index contributed by atoms with van der Waals surface area (Å²) in [6.07, 6.45) is 3.28. The molecule has 1 aromatic heterocycles. The number of rotatable bonds is 7. The lowest BCUT2D eigenvalue weighted by Gasteiger charge is -2.25. The zero-order valence-corrected chi connectivity index (χ0v) is 21.8. The Bertz CT molecular complexity index is 1270. The number of hydrogen-bond acceptors (Lipinski definition) is 5. The van der Waals surface area contributed by atoms with Gasteiger partial charge in [-0.05, 0) is 68.5 Å². The third-order valence-corrected chi connectivity index (χ3v) is 6.45. The molecule has 0 bridgehead atoms. The molecule has 8 heteroatoms. The summed E-state index contributed by atoms with van der Waals surface area (Å²) in [4.78, 5) is 26.3. The number of carbonyl (C=O) groups excluding carboxylic acids is 2.